The Hall–Kier alpha value is -1.26. The van der Waals surface area contributed by atoms with Crippen LogP contribution in [-0.4, -0.2) is 23.7 Å². The maximum atomic E-state index is 10.3. The number of hydrogen-bond acceptors (Lipinski definition) is 3. The third-order valence-corrected chi connectivity index (χ3v) is 3.15. The summed E-state index contributed by atoms with van der Waals surface area (Å²) in [6, 6.07) is 5.77. The highest BCUT2D eigenvalue weighted by Gasteiger charge is 2.18. The van der Waals surface area contributed by atoms with E-state index in [1.165, 1.54) is 0 Å². The minimum atomic E-state index is -0.713. The second kappa shape index (κ2) is 8.77. The fourth-order valence-corrected chi connectivity index (χ4v) is 1.89. The molecule has 0 spiro atoms. The van der Waals surface area contributed by atoms with Crippen LogP contribution in [0.4, 0.5) is 5.69 Å². The number of rotatable bonds is 1. The van der Waals surface area contributed by atoms with Crippen molar-refractivity contribution in [3.05, 3.63) is 29.3 Å². The van der Waals surface area contributed by atoms with Crippen molar-refractivity contribution in [3.63, 3.8) is 0 Å². The number of piperidine rings is 1. The van der Waals surface area contributed by atoms with Gasteiger partial charge in [0.1, 0.15) is 6.04 Å². The Morgan fingerprint density at radius 3 is 2.21 bits per heavy atom. The highest BCUT2D eigenvalue weighted by atomic mass is 35.5. The number of anilines is 1. The van der Waals surface area contributed by atoms with Gasteiger partial charge in [-0.25, -0.2) is 0 Å². The molecule has 1 aliphatic rings. The lowest BCUT2D eigenvalue weighted by atomic mass is 10.1. The molecule has 1 aliphatic heterocycles. The molecule has 0 bridgehead atoms. The Labute approximate surface area is 120 Å². The summed E-state index contributed by atoms with van der Waals surface area (Å²) in [6.45, 7) is 4.89. The lowest BCUT2D eigenvalue weighted by Gasteiger charge is -2.18. The maximum Gasteiger partial charge on any atom is 0.320 e. The third-order valence-electron chi connectivity index (χ3n) is 3.15. The van der Waals surface area contributed by atoms with Gasteiger partial charge in [-0.15, -0.1) is 12.4 Å². The molecule has 2 rings (SSSR count). The van der Waals surface area contributed by atoms with E-state index in [4.69, 9.17) is 10.8 Å². The number of nitrogens with two attached hydrogens (primary N) is 1. The molecule has 4 N–H and O–H groups in total. The standard InChI is InChI=1S/C8H11N.C6H11NO2.ClH/c1-6-4-3-5-7(2)8(6)9;8-6(9)5-3-1-2-4-7-5;/h3-5H,9H2,1-2H3;5,7H,1-4H2,(H,8,9);1H. The number of hydrogen-bond donors (Lipinski definition) is 3. The molecule has 5 heteroatoms. The summed E-state index contributed by atoms with van der Waals surface area (Å²) in [6.07, 6.45) is 2.95. The molecule has 1 aromatic rings. The highest BCUT2D eigenvalue weighted by Crippen LogP contribution is 2.13. The lowest BCUT2D eigenvalue weighted by molar-refractivity contribution is -0.140. The summed E-state index contributed by atoms with van der Waals surface area (Å²) in [5, 5.41) is 11.4. The van der Waals surface area contributed by atoms with Crippen molar-refractivity contribution in [1.29, 1.82) is 0 Å². The zero-order valence-corrected chi connectivity index (χ0v) is 12.3. The van der Waals surface area contributed by atoms with Crippen molar-refractivity contribution >= 4 is 24.1 Å². The first-order valence-corrected chi connectivity index (χ1v) is 6.30. The van der Waals surface area contributed by atoms with E-state index in [9.17, 15) is 4.79 Å². The van der Waals surface area contributed by atoms with Crippen LogP contribution < -0.4 is 11.1 Å². The Morgan fingerprint density at radius 2 is 1.89 bits per heavy atom. The Morgan fingerprint density at radius 1 is 1.32 bits per heavy atom. The number of carboxylic acids is 1. The summed E-state index contributed by atoms with van der Waals surface area (Å²) in [5.74, 6) is -0.713. The van der Waals surface area contributed by atoms with Gasteiger partial charge in [0.25, 0.3) is 0 Å². The largest absolute Gasteiger partial charge is 0.480 e. The Balaban J connectivity index is 0.000000324. The van der Waals surface area contributed by atoms with Crippen molar-refractivity contribution in [2.75, 3.05) is 12.3 Å². The van der Waals surface area contributed by atoms with E-state index < -0.39 is 5.97 Å². The molecule has 1 aromatic carbocycles. The van der Waals surface area contributed by atoms with Gasteiger partial charge in [0.05, 0.1) is 0 Å². The fourth-order valence-electron chi connectivity index (χ4n) is 1.89. The molecule has 1 heterocycles. The van der Waals surface area contributed by atoms with Crippen LogP contribution >= 0.6 is 12.4 Å². The van der Waals surface area contributed by atoms with Crippen LogP contribution in [0.5, 0.6) is 0 Å². The predicted octanol–water partition coefficient (Wildman–Crippen LogP) is 2.52. The van der Waals surface area contributed by atoms with E-state index in [1.807, 2.05) is 32.0 Å². The van der Waals surface area contributed by atoms with Gasteiger partial charge in [-0.1, -0.05) is 24.6 Å². The summed E-state index contributed by atoms with van der Waals surface area (Å²) < 4.78 is 0. The quantitative estimate of drug-likeness (QED) is 0.694. The number of aryl methyl sites for hydroxylation is 2. The van der Waals surface area contributed by atoms with E-state index in [2.05, 4.69) is 5.32 Å². The zero-order chi connectivity index (χ0) is 13.5. The second-order valence-corrected chi connectivity index (χ2v) is 4.65. The first-order chi connectivity index (χ1) is 8.52. The number of nitrogens with one attached hydrogen (secondary N) is 1. The molecular formula is C14H23ClN2O2. The van der Waals surface area contributed by atoms with E-state index in [1.54, 1.807) is 0 Å². The molecule has 0 saturated carbocycles. The molecule has 0 amide bonds. The van der Waals surface area contributed by atoms with Crippen molar-refractivity contribution in [2.45, 2.75) is 39.2 Å². The van der Waals surface area contributed by atoms with Gasteiger partial charge in [-0.05, 0) is 44.4 Å². The van der Waals surface area contributed by atoms with Gasteiger partial charge in [0.2, 0.25) is 0 Å². The Kier molecular flexibility index (Phi) is 8.19. The molecular weight excluding hydrogens is 264 g/mol. The smallest absolute Gasteiger partial charge is 0.320 e. The first-order valence-electron chi connectivity index (χ1n) is 6.30. The van der Waals surface area contributed by atoms with Crippen LogP contribution in [0, 0.1) is 13.8 Å². The number of para-hydroxylation sites is 1. The Bertz CT molecular complexity index is 384. The van der Waals surface area contributed by atoms with Crippen molar-refractivity contribution in [1.82, 2.24) is 5.32 Å². The van der Waals surface area contributed by atoms with Gasteiger partial charge in [0, 0.05) is 5.69 Å². The van der Waals surface area contributed by atoms with Crippen LogP contribution in [-0.2, 0) is 4.79 Å². The van der Waals surface area contributed by atoms with Crippen LogP contribution in [0.15, 0.2) is 18.2 Å². The summed E-state index contributed by atoms with van der Waals surface area (Å²) in [5.41, 5.74) is 8.92. The summed E-state index contributed by atoms with van der Waals surface area (Å²) in [7, 11) is 0. The van der Waals surface area contributed by atoms with E-state index in [0.29, 0.717) is 0 Å². The molecule has 1 saturated heterocycles. The molecule has 1 fully saturated rings. The minimum absolute atomic E-state index is 0. The monoisotopic (exact) mass is 286 g/mol. The third kappa shape index (κ3) is 5.94. The molecule has 1 unspecified atom stereocenters. The van der Waals surface area contributed by atoms with Crippen LogP contribution in [0.25, 0.3) is 0 Å². The topological polar surface area (TPSA) is 75.4 Å². The van der Waals surface area contributed by atoms with Gasteiger partial charge in [-0.2, -0.15) is 0 Å². The SMILES string of the molecule is Cc1cccc(C)c1N.Cl.O=C(O)C1CCCCN1. The lowest BCUT2D eigenvalue weighted by Crippen LogP contribution is -2.40. The second-order valence-electron chi connectivity index (χ2n) is 4.65. The number of carboxylic acid groups (broad SMARTS) is 1. The number of aliphatic carboxylic acids is 1. The van der Waals surface area contributed by atoms with Gasteiger partial charge in [0.15, 0.2) is 0 Å². The molecule has 108 valence electrons. The summed E-state index contributed by atoms with van der Waals surface area (Å²) in [4.78, 5) is 10.3. The maximum absolute atomic E-state index is 10.3. The molecule has 4 nitrogen and oxygen atoms in total. The van der Waals surface area contributed by atoms with Crippen molar-refractivity contribution < 1.29 is 9.90 Å². The average molecular weight is 287 g/mol. The van der Waals surface area contributed by atoms with Gasteiger partial charge in [-0.3, -0.25) is 4.79 Å². The molecule has 0 radical (unpaired) electrons. The van der Waals surface area contributed by atoms with Crippen molar-refractivity contribution in [2.24, 2.45) is 0 Å². The fraction of sp³-hybridized carbons (Fsp3) is 0.500. The molecule has 1 atom stereocenters. The summed E-state index contributed by atoms with van der Waals surface area (Å²) >= 11 is 0. The number of nitrogen functional groups attached to an aromatic ring is 1. The average Bonchev–Trinajstić information content (AvgIpc) is 2.38. The molecule has 0 aliphatic carbocycles. The molecule has 19 heavy (non-hydrogen) atoms. The number of halogens is 1. The number of carbonyl (C=O) groups is 1. The van der Waals surface area contributed by atoms with Gasteiger partial charge < -0.3 is 16.2 Å². The zero-order valence-electron chi connectivity index (χ0n) is 11.5. The van der Waals surface area contributed by atoms with Crippen LogP contribution in [0.1, 0.15) is 30.4 Å². The predicted molar refractivity (Wildman–Crippen MR) is 80.9 cm³/mol. The van der Waals surface area contributed by atoms with E-state index in [-0.39, 0.29) is 18.4 Å². The normalized spacial score (nSPS) is 17.7. The van der Waals surface area contributed by atoms with Crippen LogP contribution in [0.2, 0.25) is 0 Å². The van der Waals surface area contributed by atoms with E-state index in [0.717, 1.165) is 42.6 Å². The highest BCUT2D eigenvalue weighted by molar-refractivity contribution is 5.85. The van der Waals surface area contributed by atoms with Crippen LogP contribution in [0.3, 0.4) is 0 Å². The number of benzene rings is 1. The molecule has 0 aromatic heterocycles. The first kappa shape index (κ1) is 17.7. The van der Waals surface area contributed by atoms with E-state index >= 15 is 0 Å². The van der Waals surface area contributed by atoms with Crippen molar-refractivity contribution in [3.8, 4) is 0 Å². The minimum Gasteiger partial charge on any atom is -0.480 e. The van der Waals surface area contributed by atoms with Gasteiger partial charge >= 0.3 is 5.97 Å².